The van der Waals surface area contributed by atoms with Gasteiger partial charge in [0.05, 0.1) is 4.90 Å². The quantitative estimate of drug-likeness (QED) is 0.638. The Kier molecular flexibility index (Phi) is 8.09. The maximum Gasteiger partial charge on any atom is 0.253 e. The third kappa shape index (κ3) is 5.47. The van der Waals surface area contributed by atoms with E-state index in [2.05, 4.69) is 5.32 Å². The average Bonchev–Trinajstić information content (AvgIpc) is 2.82. The molecule has 1 heterocycles. The number of carbonyl (C=O) groups excluding carboxylic acids is 2. The van der Waals surface area contributed by atoms with E-state index in [0.717, 1.165) is 11.1 Å². The summed E-state index contributed by atoms with van der Waals surface area (Å²) in [4.78, 5) is 27.5. The fourth-order valence-electron chi connectivity index (χ4n) is 4.17. The molecule has 0 radical (unpaired) electrons. The molecule has 0 atom stereocenters. The van der Waals surface area contributed by atoms with Gasteiger partial charge in [-0.15, -0.1) is 0 Å². The molecule has 1 fully saturated rings. The van der Waals surface area contributed by atoms with Crippen LogP contribution in [0.1, 0.15) is 48.2 Å². The predicted molar refractivity (Wildman–Crippen MR) is 130 cm³/mol. The van der Waals surface area contributed by atoms with Crippen LogP contribution in [0, 0.1) is 25.6 Å². The molecule has 2 amide bonds. The third-order valence-corrected chi connectivity index (χ3v) is 8.51. The average molecular weight is 490 g/mol. The van der Waals surface area contributed by atoms with Crippen LogP contribution in [0.4, 0.5) is 10.1 Å². The zero-order chi connectivity index (χ0) is 25.0. The van der Waals surface area contributed by atoms with Crippen LogP contribution in [0.3, 0.4) is 0 Å². The standard InChI is InChI=1S/C25H32FN3O4S/c1-5-29(6-2)34(32,33)22-15-17(3)18(4)23(16-22)27-24(30)19-11-13-28(14-12-19)25(31)20-7-9-21(26)10-8-20/h7-10,15-16,19H,5-6,11-14H2,1-4H3,(H,27,30). The van der Waals surface area contributed by atoms with Crippen molar-refractivity contribution in [1.29, 1.82) is 0 Å². The normalized spacial score (nSPS) is 14.9. The number of nitrogens with zero attached hydrogens (tertiary/aromatic N) is 2. The van der Waals surface area contributed by atoms with Crippen LogP contribution in [0.25, 0.3) is 0 Å². The lowest BCUT2D eigenvalue weighted by Gasteiger charge is -2.31. The molecule has 2 aromatic rings. The summed E-state index contributed by atoms with van der Waals surface area (Å²) >= 11 is 0. The van der Waals surface area contributed by atoms with Crippen molar-refractivity contribution in [2.24, 2.45) is 5.92 Å². The maximum absolute atomic E-state index is 13.1. The van der Waals surface area contributed by atoms with Crippen LogP contribution in [-0.2, 0) is 14.8 Å². The maximum atomic E-state index is 13.1. The number of nitrogens with one attached hydrogen (secondary N) is 1. The van der Waals surface area contributed by atoms with Gasteiger partial charge in [0.15, 0.2) is 0 Å². The summed E-state index contributed by atoms with van der Waals surface area (Å²) in [7, 11) is -3.66. The zero-order valence-electron chi connectivity index (χ0n) is 20.1. The van der Waals surface area contributed by atoms with Gasteiger partial charge in [0, 0.05) is 43.3 Å². The number of piperidine rings is 1. The molecule has 0 saturated carbocycles. The number of hydrogen-bond acceptors (Lipinski definition) is 4. The Hall–Kier alpha value is -2.78. The molecule has 1 aliphatic heterocycles. The minimum Gasteiger partial charge on any atom is -0.339 e. The number of amides is 2. The molecule has 34 heavy (non-hydrogen) atoms. The molecule has 9 heteroatoms. The number of hydrogen-bond donors (Lipinski definition) is 1. The molecule has 0 aliphatic carbocycles. The molecule has 1 N–H and O–H groups in total. The van der Waals surface area contributed by atoms with Crippen molar-refractivity contribution in [2.75, 3.05) is 31.5 Å². The minimum absolute atomic E-state index is 0.161. The molecule has 184 valence electrons. The second-order valence-electron chi connectivity index (χ2n) is 8.56. The third-order valence-electron chi connectivity index (χ3n) is 6.49. The van der Waals surface area contributed by atoms with E-state index in [1.54, 1.807) is 24.8 Å². The molecule has 0 spiro atoms. The van der Waals surface area contributed by atoms with Crippen LogP contribution in [0.2, 0.25) is 0 Å². The van der Waals surface area contributed by atoms with Gasteiger partial charge in [0.1, 0.15) is 5.82 Å². The number of halogens is 1. The first-order chi connectivity index (χ1) is 16.1. The molecule has 1 saturated heterocycles. The first-order valence-electron chi connectivity index (χ1n) is 11.6. The number of likely N-dealkylation sites (tertiary alicyclic amines) is 1. The van der Waals surface area contributed by atoms with Gasteiger partial charge in [0.2, 0.25) is 15.9 Å². The van der Waals surface area contributed by atoms with Crippen LogP contribution >= 0.6 is 0 Å². The first-order valence-corrected chi connectivity index (χ1v) is 13.0. The number of sulfonamides is 1. The van der Waals surface area contributed by atoms with Crippen LogP contribution in [-0.4, -0.2) is 55.6 Å². The van der Waals surface area contributed by atoms with Gasteiger partial charge in [-0.25, -0.2) is 12.8 Å². The van der Waals surface area contributed by atoms with Crippen molar-refractivity contribution in [3.05, 3.63) is 58.9 Å². The van der Waals surface area contributed by atoms with Gasteiger partial charge in [0.25, 0.3) is 5.91 Å². The summed E-state index contributed by atoms with van der Waals surface area (Å²) in [6.07, 6.45) is 0.989. The second kappa shape index (κ2) is 10.7. The summed E-state index contributed by atoms with van der Waals surface area (Å²) in [5.74, 6) is -1.06. The van der Waals surface area contributed by atoms with E-state index in [1.165, 1.54) is 34.6 Å². The molecular formula is C25H32FN3O4S. The lowest BCUT2D eigenvalue weighted by atomic mass is 9.95. The highest BCUT2D eigenvalue weighted by atomic mass is 32.2. The summed E-state index contributed by atoms with van der Waals surface area (Å²) in [5, 5.41) is 2.92. The second-order valence-corrected chi connectivity index (χ2v) is 10.5. The highest BCUT2D eigenvalue weighted by Crippen LogP contribution is 2.28. The topological polar surface area (TPSA) is 86.8 Å². The monoisotopic (exact) mass is 489 g/mol. The number of aryl methyl sites for hydroxylation is 1. The van der Waals surface area contributed by atoms with E-state index in [1.807, 2.05) is 13.8 Å². The van der Waals surface area contributed by atoms with E-state index in [0.29, 0.717) is 50.3 Å². The van der Waals surface area contributed by atoms with E-state index in [9.17, 15) is 22.4 Å². The summed E-state index contributed by atoms with van der Waals surface area (Å²) in [6.45, 7) is 8.82. The number of anilines is 1. The Morgan fingerprint density at radius 2 is 1.65 bits per heavy atom. The van der Waals surface area contributed by atoms with Crippen molar-refractivity contribution >= 4 is 27.5 Å². The zero-order valence-corrected chi connectivity index (χ0v) is 20.9. The van der Waals surface area contributed by atoms with Crippen LogP contribution < -0.4 is 5.32 Å². The Morgan fingerprint density at radius 3 is 2.21 bits per heavy atom. The fourth-order valence-corrected chi connectivity index (χ4v) is 5.74. The fraction of sp³-hybridized carbons (Fsp3) is 0.440. The summed E-state index contributed by atoms with van der Waals surface area (Å²) in [6, 6.07) is 8.60. The molecule has 0 aromatic heterocycles. The predicted octanol–water partition coefficient (Wildman–Crippen LogP) is 3.96. The lowest BCUT2D eigenvalue weighted by Crippen LogP contribution is -2.41. The van der Waals surface area contributed by atoms with Crippen molar-refractivity contribution in [2.45, 2.75) is 45.4 Å². The molecule has 7 nitrogen and oxygen atoms in total. The summed E-state index contributed by atoms with van der Waals surface area (Å²) in [5.41, 5.74) is 2.50. The number of rotatable bonds is 7. The lowest BCUT2D eigenvalue weighted by molar-refractivity contribution is -0.121. The first kappa shape index (κ1) is 25.8. The van der Waals surface area contributed by atoms with Crippen molar-refractivity contribution in [1.82, 2.24) is 9.21 Å². The minimum atomic E-state index is -3.66. The summed E-state index contributed by atoms with van der Waals surface area (Å²) < 4.78 is 40.5. The van der Waals surface area contributed by atoms with Crippen molar-refractivity contribution in [3.8, 4) is 0 Å². The van der Waals surface area contributed by atoms with Gasteiger partial charge >= 0.3 is 0 Å². The molecule has 1 aliphatic rings. The van der Waals surface area contributed by atoms with E-state index in [4.69, 9.17) is 0 Å². The molecule has 2 aromatic carbocycles. The van der Waals surface area contributed by atoms with Crippen molar-refractivity contribution in [3.63, 3.8) is 0 Å². The Morgan fingerprint density at radius 1 is 1.06 bits per heavy atom. The largest absolute Gasteiger partial charge is 0.339 e. The van der Waals surface area contributed by atoms with Gasteiger partial charge in [-0.3, -0.25) is 9.59 Å². The Bertz CT molecular complexity index is 1150. The van der Waals surface area contributed by atoms with Gasteiger partial charge in [-0.2, -0.15) is 4.31 Å². The van der Waals surface area contributed by atoms with Gasteiger partial charge in [-0.05, 0) is 74.2 Å². The van der Waals surface area contributed by atoms with Crippen LogP contribution in [0.15, 0.2) is 41.3 Å². The number of carbonyl (C=O) groups is 2. The molecule has 3 rings (SSSR count). The smallest absolute Gasteiger partial charge is 0.253 e. The molecule has 0 unspecified atom stereocenters. The Labute approximate surface area is 201 Å². The van der Waals surface area contributed by atoms with Crippen LogP contribution in [0.5, 0.6) is 0 Å². The van der Waals surface area contributed by atoms with E-state index in [-0.39, 0.29) is 22.6 Å². The van der Waals surface area contributed by atoms with Crippen molar-refractivity contribution < 1.29 is 22.4 Å². The van der Waals surface area contributed by atoms with Gasteiger partial charge < -0.3 is 10.2 Å². The molecule has 0 bridgehead atoms. The van der Waals surface area contributed by atoms with E-state index < -0.39 is 15.8 Å². The Balaban J connectivity index is 1.70. The molecular weight excluding hydrogens is 457 g/mol. The van der Waals surface area contributed by atoms with Gasteiger partial charge in [-0.1, -0.05) is 13.8 Å². The van der Waals surface area contributed by atoms with E-state index >= 15 is 0 Å². The highest BCUT2D eigenvalue weighted by molar-refractivity contribution is 7.89. The highest BCUT2D eigenvalue weighted by Gasteiger charge is 2.29. The number of benzene rings is 2. The SMILES string of the molecule is CCN(CC)S(=O)(=O)c1cc(C)c(C)c(NC(=O)C2CCN(C(=O)c3ccc(F)cc3)CC2)c1.